The minimum Gasteiger partial charge on any atom is -0.332 e. The number of thiocarbonyl (C=S) groups is 1. The number of amides is 2. The summed E-state index contributed by atoms with van der Waals surface area (Å²) in [5, 5.41) is 3.72. The molecular formula is C20H19ClFN3O2S. The SMILES string of the molecule is CCN1C(=O)C(CC(=O)Nc2ccc(F)cc2)N(Cc2ccc(Cl)cc2)C1=S. The van der Waals surface area contributed by atoms with Crippen molar-refractivity contribution >= 4 is 46.4 Å². The maximum absolute atomic E-state index is 13.0. The van der Waals surface area contributed by atoms with Gasteiger partial charge >= 0.3 is 0 Å². The Kier molecular flexibility index (Phi) is 6.26. The van der Waals surface area contributed by atoms with Crippen molar-refractivity contribution in [2.75, 3.05) is 11.9 Å². The van der Waals surface area contributed by atoms with Gasteiger partial charge in [-0.25, -0.2) is 4.39 Å². The first-order valence-corrected chi connectivity index (χ1v) is 9.59. The van der Waals surface area contributed by atoms with Crippen LogP contribution in [0.1, 0.15) is 18.9 Å². The Morgan fingerprint density at radius 2 is 1.82 bits per heavy atom. The van der Waals surface area contributed by atoms with E-state index in [4.69, 9.17) is 23.8 Å². The fourth-order valence-electron chi connectivity index (χ4n) is 3.07. The summed E-state index contributed by atoms with van der Waals surface area (Å²) in [5.41, 5.74) is 1.40. The van der Waals surface area contributed by atoms with Crippen LogP contribution in [0.5, 0.6) is 0 Å². The first-order chi connectivity index (χ1) is 13.4. The van der Waals surface area contributed by atoms with Crippen molar-refractivity contribution in [3.8, 4) is 0 Å². The van der Waals surface area contributed by atoms with Crippen molar-refractivity contribution in [1.82, 2.24) is 9.80 Å². The zero-order valence-electron chi connectivity index (χ0n) is 15.2. The zero-order chi connectivity index (χ0) is 20.3. The van der Waals surface area contributed by atoms with Gasteiger partial charge in [-0.05, 0) is 61.1 Å². The van der Waals surface area contributed by atoms with Crippen molar-refractivity contribution < 1.29 is 14.0 Å². The second kappa shape index (κ2) is 8.67. The van der Waals surface area contributed by atoms with Crippen LogP contribution in [0.3, 0.4) is 0 Å². The van der Waals surface area contributed by atoms with E-state index in [1.807, 2.05) is 19.1 Å². The van der Waals surface area contributed by atoms with Crippen LogP contribution < -0.4 is 5.32 Å². The third-order valence-electron chi connectivity index (χ3n) is 4.49. The van der Waals surface area contributed by atoms with Crippen LogP contribution in [0.25, 0.3) is 0 Å². The van der Waals surface area contributed by atoms with Crippen molar-refractivity contribution in [3.63, 3.8) is 0 Å². The Balaban J connectivity index is 1.75. The molecule has 1 heterocycles. The van der Waals surface area contributed by atoms with Crippen LogP contribution in [-0.4, -0.2) is 39.3 Å². The number of hydrogen-bond donors (Lipinski definition) is 1. The van der Waals surface area contributed by atoms with Crippen LogP contribution in [0.15, 0.2) is 48.5 Å². The Bertz CT molecular complexity index is 889. The van der Waals surface area contributed by atoms with E-state index in [0.29, 0.717) is 28.9 Å². The molecule has 1 N–H and O–H groups in total. The van der Waals surface area contributed by atoms with E-state index in [1.54, 1.807) is 17.0 Å². The van der Waals surface area contributed by atoms with Crippen molar-refractivity contribution in [3.05, 3.63) is 64.9 Å². The van der Waals surface area contributed by atoms with Gasteiger partial charge in [-0.2, -0.15) is 0 Å². The summed E-state index contributed by atoms with van der Waals surface area (Å²) in [6, 6.07) is 12.0. The number of nitrogens with zero attached hydrogens (tertiary/aromatic N) is 2. The lowest BCUT2D eigenvalue weighted by Crippen LogP contribution is -2.37. The second-order valence-electron chi connectivity index (χ2n) is 6.39. The van der Waals surface area contributed by atoms with Crippen molar-refractivity contribution in [2.45, 2.75) is 25.9 Å². The molecule has 0 radical (unpaired) electrons. The first kappa shape index (κ1) is 20.2. The highest BCUT2D eigenvalue weighted by atomic mass is 35.5. The lowest BCUT2D eigenvalue weighted by atomic mass is 10.1. The smallest absolute Gasteiger partial charge is 0.252 e. The molecule has 2 aromatic carbocycles. The molecule has 1 aliphatic heterocycles. The summed E-state index contributed by atoms with van der Waals surface area (Å²) in [7, 11) is 0. The highest BCUT2D eigenvalue weighted by Gasteiger charge is 2.42. The van der Waals surface area contributed by atoms with Crippen LogP contribution in [-0.2, 0) is 16.1 Å². The number of anilines is 1. The van der Waals surface area contributed by atoms with Crippen LogP contribution in [0.2, 0.25) is 5.02 Å². The Morgan fingerprint density at radius 3 is 2.43 bits per heavy atom. The topological polar surface area (TPSA) is 52.7 Å². The minimum absolute atomic E-state index is 0.0551. The summed E-state index contributed by atoms with van der Waals surface area (Å²) in [5.74, 6) is -0.926. The molecule has 0 aromatic heterocycles. The van der Waals surface area contributed by atoms with Gasteiger partial charge in [0.15, 0.2) is 5.11 Å². The third kappa shape index (κ3) is 4.48. The van der Waals surface area contributed by atoms with Crippen molar-refractivity contribution in [2.24, 2.45) is 0 Å². The molecule has 3 rings (SSSR count). The molecule has 1 aliphatic rings. The maximum atomic E-state index is 13.0. The first-order valence-electron chi connectivity index (χ1n) is 8.81. The average Bonchev–Trinajstić information content (AvgIpc) is 2.89. The van der Waals surface area contributed by atoms with Gasteiger partial charge in [0.05, 0.1) is 6.42 Å². The molecule has 2 amide bonds. The molecule has 1 atom stereocenters. The monoisotopic (exact) mass is 419 g/mol. The fourth-order valence-corrected chi connectivity index (χ4v) is 3.61. The third-order valence-corrected chi connectivity index (χ3v) is 5.20. The van der Waals surface area contributed by atoms with E-state index in [0.717, 1.165) is 5.56 Å². The molecule has 1 fully saturated rings. The molecule has 1 unspecified atom stereocenters. The van der Waals surface area contributed by atoms with Gasteiger partial charge in [-0.1, -0.05) is 23.7 Å². The average molecular weight is 420 g/mol. The van der Waals surface area contributed by atoms with E-state index >= 15 is 0 Å². The summed E-state index contributed by atoms with van der Waals surface area (Å²) >= 11 is 11.4. The fraction of sp³-hybridized carbons (Fsp3) is 0.250. The summed E-state index contributed by atoms with van der Waals surface area (Å²) in [6.45, 7) is 2.67. The number of carbonyl (C=O) groups excluding carboxylic acids is 2. The van der Waals surface area contributed by atoms with Crippen molar-refractivity contribution in [1.29, 1.82) is 0 Å². The number of nitrogens with one attached hydrogen (secondary N) is 1. The molecule has 28 heavy (non-hydrogen) atoms. The normalized spacial score (nSPS) is 16.6. The Labute approximate surface area is 173 Å². The van der Waals surface area contributed by atoms with E-state index < -0.39 is 6.04 Å². The lowest BCUT2D eigenvalue weighted by Gasteiger charge is -2.24. The quantitative estimate of drug-likeness (QED) is 0.723. The summed E-state index contributed by atoms with van der Waals surface area (Å²) in [6.07, 6.45) is -0.0551. The molecule has 2 aromatic rings. The van der Waals surface area contributed by atoms with Gasteiger partial charge < -0.3 is 10.2 Å². The van der Waals surface area contributed by atoms with Crippen LogP contribution in [0, 0.1) is 5.82 Å². The number of likely N-dealkylation sites (N-methyl/N-ethyl adjacent to an activating group) is 1. The van der Waals surface area contributed by atoms with Gasteiger partial charge in [0.25, 0.3) is 5.91 Å². The largest absolute Gasteiger partial charge is 0.332 e. The molecule has 146 valence electrons. The molecule has 0 spiro atoms. The molecule has 0 aliphatic carbocycles. The Morgan fingerprint density at radius 1 is 1.18 bits per heavy atom. The summed E-state index contributed by atoms with van der Waals surface area (Å²) < 4.78 is 13.0. The van der Waals surface area contributed by atoms with Gasteiger partial charge in [-0.15, -0.1) is 0 Å². The van der Waals surface area contributed by atoms with Gasteiger partial charge in [0, 0.05) is 23.8 Å². The molecule has 1 saturated heterocycles. The van der Waals surface area contributed by atoms with E-state index in [9.17, 15) is 14.0 Å². The maximum Gasteiger partial charge on any atom is 0.252 e. The Hall–Kier alpha value is -2.51. The highest BCUT2D eigenvalue weighted by molar-refractivity contribution is 7.80. The lowest BCUT2D eigenvalue weighted by molar-refractivity contribution is -0.130. The number of rotatable bonds is 6. The molecular weight excluding hydrogens is 401 g/mol. The van der Waals surface area contributed by atoms with Gasteiger partial charge in [0.1, 0.15) is 11.9 Å². The standard InChI is InChI=1S/C20H19ClFN3O2S/c1-2-24-19(27)17(11-18(26)23-16-9-7-15(22)8-10-16)25(20(24)28)12-13-3-5-14(21)6-4-13/h3-10,17H,2,11-12H2,1H3,(H,23,26). The van der Waals surface area contributed by atoms with E-state index in [1.165, 1.54) is 29.2 Å². The zero-order valence-corrected chi connectivity index (χ0v) is 16.8. The number of benzene rings is 2. The van der Waals surface area contributed by atoms with E-state index in [-0.39, 0.29) is 24.1 Å². The highest BCUT2D eigenvalue weighted by Crippen LogP contribution is 2.24. The molecule has 0 bridgehead atoms. The summed E-state index contributed by atoms with van der Waals surface area (Å²) in [4.78, 5) is 28.5. The molecule has 8 heteroatoms. The number of hydrogen-bond acceptors (Lipinski definition) is 3. The minimum atomic E-state index is -0.691. The van der Waals surface area contributed by atoms with Gasteiger partial charge in [-0.3, -0.25) is 14.5 Å². The number of carbonyl (C=O) groups is 2. The number of halogens is 2. The molecule has 5 nitrogen and oxygen atoms in total. The second-order valence-corrected chi connectivity index (χ2v) is 7.20. The van der Waals surface area contributed by atoms with Crippen LogP contribution in [0.4, 0.5) is 10.1 Å². The van der Waals surface area contributed by atoms with E-state index in [2.05, 4.69) is 5.32 Å². The predicted octanol–water partition coefficient (Wildman–Crippen LogP) is 3.83. The van der Waals surface area contributed by atoms with Crippen LogP contribution >= 0.6 is 23.8 Å². The molecule has 0 saturated carbocycles. The van der Waals surface area contributed by atoms with Gasteiger partial charge in [0.2, 0.25) is 5.91 Å². The predicted molar refractivity (Wildman–Crippen MR) is 110 cm³/mol.